The number of hydrogen-bond acceptors (Lipinski definition) is 4. The van der Waals surface area contributed by atoms with Crippen molar-refractivity contribution in [2.75, 3.05) is 11.9 Å². The molecule has 7 nitrogen and oxygen atoms in total. The number of benzene rings is 1. The Hall–Kier alpha value is -2.41. The van der Waals surface area contributed by atoms with Crippen LogP contribution >= 0.6 is 0 Å². The van der Waals surface area contributed by atoms with Gasteiger partial charge in [0.1, 0.15) is 0 Å². The molecule has 0 radical (unpaired) electrons. The average molecular weight is 374 g/mol. The van der Waals surface area contributed by atoms with Crippen molar-refractivity contribution in [3.63, 3.8) is 0 Å². The van der Waals surface area contributed by atoms with Crippen molar-refractivity contribution in [2.24, 2.45) is 11.7 Å². The number of carbonyl (C=O) groups excluding carboxylic acids is 3. The van der Waals surface area contributed by atoms with E-state index in [0.29, 0.717) is 11.3 Å². The van der Waals surface area contributed by atoms with E-state index in [9.17, 15) is 14.4 Å². The van der Waals surface area contributed by atoms with Crippen LogP contribution in [0.3, 0.4) is 0 Å². The van der Waals surface area contributed by atoms with E-state index in [1.54, 1.807) is 24.3 Å². The molecule has 0 heterocycles. The molecule has 1 aliphatic carbocycles. The summed E-state index contributed by atoms with van der Waals surface area (Å²) in [6, 6.07) is 6.33. The van der Waals surface area contributed by atoms with Crippen LogP contribution in [-0.2, 0) is 9.59 Å². The summed E-state index contributed by atoms with van der Waals surface area (Å²) in [5.41, 5.74) is 6.86. The molecule has 1 aromatic carbocycles. The number of nitrogens with one attached hydrogen (secondary N) is 3. The molecule has 0 aliphatic heterocycles. The molecule has 1 aromatic rings. The molecule has 2 rings (SSSR count). The lowest BCUT2D eigenvalue weighted by molar-refractivity contribution is -0.125. The zero-order valence-electron chi connectivity index (χ0n) is 16.1. The van der Waals surface area contributed by atoms with E-state index < -0.39 is 6.04 Å². The number of rotatable bonds is 7. The minimum atomic E-state index is -0.639. The maximum absolute atomic E-state index is 12.3. The topological polar surface area (TPSA) is 113 Å². The fourth-order valence-electron chi connectivity index (χ4n) is 3.01. The highest BCUT2D eigenvalue weighted by Gasteiger charge is 2.18. The van der Waals surface area contributed by atoms with Gasteiger partial charge in [-0.1, -0.05) is 33.1 Å². The van der Waals surface area contributed by atoms with Gasteiger partial charge in [0, 0.05) is 17.3 Å². The first-order valence-corrected chi connectivity index (χ1v) is 9.61. The van der Waals surface area contributed by atoms with Gasteiger partial charge in [-0.05, 0) is 43.0 Å². The summed E-state index contributed by atoms with van der Waals surface area (Å²) in [6.45, 7) is 3.54. The van der Waals surface area contributed by atoms with Crippen LogP contribution in [0, 0.1) is 5.92 Å². The predicted octanol–water partition coefficient (Wildman–Crippen LogP) is 1.79. The lowest BCUT2D eigenvalue weighted by Crippen LogP contribution is -2.46. The summed E-state index contributed by atoms with van der Waals surface area (Å²) in [4.78, 5) is 36.0. The monoisotopic (exact) mass is 374 g/mol. The molecule has 1 atom stereocenters. The minimum absolute atomic E-state index is 0.000335. The second kappa shape index (κ2) is 10.1. The van der Waals surface area contributed by atoms with Crippen molar-refractivity contribution in [3.05, 3.63) is 29.8 Å². The first-order valence-electron chi connectivity index (χ1n) is 9.61. The summed E-state index contributed by atoms with van der Waals surface area (Å²) in [7, 11) is 0. The maximum atomic E-state index is 12.3. The molecule has 148 valence electrons. The van der Waals surface area contributed by atoms with Crippen molar-refractivity contribution >= 4 is 23.4 Å². The number of hydrogen-bond donors (Lipinski definition) is 4. The smallest absolute Gasteiger partial charge is 0.251 e. The molecule has 5 N–H and O–H groups in total. The lowest BCUT2D eigenvalue weighted by Gasteiger charge is -2.22. The molecule has 3 amide bonds. The van der Waals surface area contributed by atoms with Gasteiger partial charge in [-0.3, -0.25) is 14.4 Å². The van der Waals surface area contributed by atoms with Crippen LogP contribution < -0.4 is 21.7 Å². The standard InChI is InChI=1S/C20H30N4O3/c1-13(2)18(21)20(27)22-12-17(25)23-16-10-8-14(9-11-16)19(26)24-15-6-4-3-5-7-15/h8-11,13,15,18H,3-7,12,21H2,1-2H3,(H,22,27)(H,23,25)(H,24,26)/t18-/m0/s1. The molecule has 0 bridgehead atoms. The van der Waals surface area contributed by atoms with Crippen LogP contribution in [0.5, 0.6) is 0 Å². The number of anilines is 1. The Morgan fingerprint density at radius 2 is 1.70 bits per heavy atom. The molecule has 0 spiro atoms. The van der Waals surface area contributed by atoms with E-state index in [1.807, 2.05) is 13.8 Å². The van der Waals surface area contributed by atoms with Gasteiger partial charge in [0.15, 0.2) is 0 Å². The van der Waals surface area contributed by atoms with Crippen LogP contribution in [0.2, 0.25) is 0 Å². The molecule has 1 saturated carbocycles. The highest BCUT2D eigenvalue weighted by molar-refractivity contribution is 5.97. The van der Waals surface area contributed by atoms with Crippen LogP contribution in [0.1, 0.15) is 56.3 Å². The third-order valence-corrected chi connectivity index (χ3v) is 4.82. The van der Waals surface area contributed by atoms with E-state index in [4.69, 9.17) is 5.73 Å². The van der Waals surface area contributed by atoms with Crippen LogP contribution in [-0.4, -0.2) is 36.3 Å². The van der Waals surface area contributed by atoms with Crippen LogP contribution in [0.15, 0.2) is 24.3 Å². The largest absolute Gasteiger partial charge is 0.349 e. The molecular formula is C20H30N4O3. The van der Waals surface area contributed by atoms with Crippen molar-refractivity contribution < 1.29 is 14.4 Å². The zero-order chi connectivity index (χ0) is 19.8. The summed E-state index contributed by atoms with van der Waals surface area (Å²) in [5, 5.41) is 8.27. The van der Waals surface area contributed by atoms with E-state index >= 15 is 0 Å². The van der Waals surface area contributed by atoms with Gasteiger partial charge in [0.2, 0.25) is 11.8 Å². The summed E-state index contributed by atoms with van der Waals surface area (Å²) in [6.07, 6.45) is 5.63. The molecular weight excluding hydrogens is 344 g/mol. The first-order chi connectivity index (χ1) is 12.9. The summed E-state index contributed by atoms with van der Waals surface area (Å²) >= 11 is 0. The van der Waals surface area contributed by atoms with E-state index in [0.717, 1.165) is 25.7 Å². The van der Waals surface area contributed by atoms with E-state index in [1.165, 1.54) is 6.42 Å². The SMILES string of the molecule is CC(C)[C@H](N)C(=O)NCC(=O)Nc1ccc(C(=O)NC2CCCCC2)cc1. The van der Waals surface area contributed by atoms with Gasteiger partial charge in [-0.15, -0.1) is 0 Å². The number of carbonyl (C=O) groups is 3. The Balaban J connectivity index is 1.79. The van der Waals surface area contributed by atoms with Crippen molar-refractivity contribution in [3.8, 4) is 0 Å². The molecule has 1 fully saturated rings. The molecule has 1 aliphatic rings. The fraction of sp³-hybridized carbons (Fsp3) is 0.550. The van der Waals surface area contributed by atoms with E-state index in [-0.39, 0.29) is 36.2 Å². The second-order valence-corrected chi connectivity index (χ2v) is 7.42. The zero-order valence-corrected chi connectivity index (χ0v) is 16.1. The van der Waals surface area contributed by atoms with Crippen molar-refractivity contribution in [1.29, 1.82) is 0 Å². The van der Waals surface area contributed by atoms with Gasteiger partial charge < -0.3 is 21.7 Å². The highest BCUT2D eigenvalue weighted by Crippen LogP contribution is 2.18. The molecule has 7 heteroatoms. The Kier molecular flexibility index (Phi) is 7.79. The Bertz CT molecular complexity index is 652. The summed E-state index contributed by atoms with van der Waals surface area (Å²) in [5.74, 6) is -0.788. The minimum Gasteiger partial charge on any atom is -0.349 e. The number of nitrogens with two attached hydrogens (primary N) is 1. The van der Waals surface area contributed by atoms with Crippen LogP contribution in [0.4, 0.5) is 5.69 Å². The van der Waals surface area contributed by atoms with Gasteiger partial charge in [-0.2, -0.15) is 0 Å². The molecule has 27 heavy (non-hydrogen) atoms. The average Bonchev–Trinajstić information content (AvgIpc) is 2.66. The van der Waals surface area contributed by atoms with Crippen molar-refractivity contribution in [2.45, 2.75) is 58.0 Å². The Labute approximate surface area is 160 Å². The third kappa shape index (κ3) is 6.67. The molecule has 0 unspecified atom stereocenters. The van der Waals surface area contributed by atoms with Gasteiger partial charge in [0.05, 0.1) is 12.6 Å². The van der Waals surface area contributed by atoms with Gasteiger partial charge >= 0.3 is 0 Å². The van der Waals surface area contributed by atoms with Gasteiger partial charge in [0.25, 0.3) is 5.91 Å². The third-order valence-electron chi connectivity index (χ3n) is 4.82. The van der Waals surface area contributed by atoms with Gasteiger partial charge in [-0.25, -0.2) is 0 Å². The van der Waals surface area contributed by atoms with Crippen LogP contribution in [0.25, 0.3) is 0 Å². The molecule has 0 saturated heterocycles. The highest BCUT2D eigenvalue weighted by atomic mass is 16.2. The normalized spacial score (nSPS) is 15.9. The quantitative estimate of drug-likeness (QED) is 0.583. The fourth-order valence-corrected chi connectivity index (χ4v) is 3.01. The van der Waals surface area contributed by atoms with Crippen molar-refractivity contribution in [1.82, 2.24) is 10.6 Å². The number of amides is 3. The summed E-state index contributed by atoms with van der Waals surface area (Å²) < 4.78 is 0. The second-order valence-electron chi connectivity index (χ2n) is 7.42. The van der Waals surface area contributed by atoms with E-state index in [2.05, 4.69) is 16.0 Å². The first kappa shape index (κ1) is 20.9. The Morgan fingerprint density at radius 3 is 2.30 bits per heavy atom. The maximum Gasteiger partial charge on any atom is 0.251 e. The Morgan fingerprint density at radius 1 is 1.07 bits per heavy atom. The predicted molar refractivity (Wildman–Crippen MR) is 105 cm³/mol. The lowest BCUT2D eigenvalue weighted by atomic mass is 9.95. The molecule has 0 aromatic heterocycles.